The van der Waals surface area contributed by atoms with Crippen LogP contribution in [0.3, 0.4) is 0 Å². The Balaban J connectivity index is 2.12. The van der Waals surface area contributed by atoms with Crippen LogP contribution in [-0.4, -0.2) is 51.2 Å². The van der Waals surface area contributed by atoms with Crippen LogP contribution in [0.5, 0.6) is 0 Å². The minimum Gasteiger partial charge on any atom is -0.481 e. The van der Waals surface area contributed by atoms with Gasteiger partial charge in [0.25, 0.3) is 0 Å². The quantitative estimate of drug-likeness (QED) is 0.849. The van der Waals surface area contributed by atoms with Crippen molar-refractivity contribution in [3.05, 3.63) is 30.1 Å². The number of aliphatic hydroxyl groups is 1. The van der Waals surface area contributed by atoms with Crippen molar-refractivity contribution >= 4 is 11.9 Å². The summed E-state index contributed by atoms with van der Waals surface area (Å²) in [6.45, 7) is 2.34. The van der Waals surface area contributed by atoms with Gasteiger partial charge in [0.15, 0.2) is 0 Å². The first kappa shape index (κ1) is 16.4. The van der Waals surface area contributed by atoms with E-state index in [1.54, 1.807) is 23.4 Å². The lowest BCUT2D eigenvalue weighted by atomic mass is 9.74. The first-order valence-electron chi connectivity index (χ1n) is 7.57. The van der Waals surface area contributed by atoms with Gasteiger partial charge in [0.2, 0.25) is 5.91 Å². The number of hydrogen-bond donors (Lipinski definition) is 2. The number of aliphatic carboxylic acids is 1. The fourth-order valence-electron chi connectivity index (χ4n) is 3.09. The first-order valence-corrected chi connectivity index (χ1v) is 7.57. The van der Waals surface area contributed by atoms with Crippen LogP contribution in [0, 0.1) is 5.41 Å². The zero-order valence-corrected chi connectivity index (χ0v) is 12.7. The molecule has 1 aliphatic rings. The van der Waals surface area contributed by atoms with E-state index in [0.717, 1.165) is 5.56 Å². The number of likely N-dealkylation sites (tertiary alicyclic amines) is 1. The molecule has 0 aromatic carbocycles. The van der Waals surface area contributed by atoms with E-state index < -0.39 is 17.5 Å². The molecule has 2 atom stereocenters. The summed E-state index contributed by atoms with van der Waals surface area (Å²) < 4.78 is 0. The number of nitrogens with zero attached hydrogens (tertiary/aromatic N) is 2. The number of aromatic nitrogens is 1. The van der Waals surface area contributed by atoms with E-state index in [9.17, 15) is 19.8 Å². The predicted molar refractivity (Wildman–Crippen MR) is 80.1 cm³/mol. The topological polar surface area (TPSA) is 90.7 Å². The van der Waals surface area contributed by atoms with Crippen LogP contribution in [0.25, 0.3) is 0 Å². The van der Waals surface area contributed by atoms with Gasteiger partial charge in [0, 0.05) is 25.5 Å². The SMILES string of the molecule is CCC[C@@]1(C(=O)O)CN(C(=O)Cc2cccnc2)CC[C@H]1O. The van der Waals surface area contributed by atoms with Gasteiger partial charge in [-0.25, -0.2) is 0 Å². The van der Waals surface area contributed by atoms with Crippen LogP contribution in [-0.2, 0) is 16.0 Å². The highest BCUT2D eigenvalue weighted by molar-refractivity contribution is 5.81. The highest BCUT2D eigenvalue weighted by Crippen LogP contribution is 2.35. The van der Waals surface area contributed by atoms with Crippen LogP contribution in [0.15, 0.2) is 24.5 Å². The van der Waals surface area contributed by atoms with E-state index in [1.165, 1.54) is 0 Å². The summed E-state index contributed by atoms with van der Waals surface area (Å²) in [6, 6.07) is 3.58. The Labute approximate surface area is 129 Å². The zero-order chi connectivity index (χ0) is 16.2. The van der Waals surface area contributed by atoms with E-state index in [2.05, 4.69) is 4.98 Å². The molecule has 1 aliphatic heterocycles. The van der Waals surface area contributed by atoms with Crippen LogP contribution < -0.4 is 0 Å². The lowest BCUT2D eigenvalue weighted by Gasteiger charge is -2.43. The molecule has 1 aromatic rings. The third-order valence-corrected chi connectivity index (χ3v) is 4.34. The second-order valence-electron chi connectivity index (χ2n) is 5.87. The molecule has 6 nitrogen and oxygen atoms in total. The standard InChI is InChI=1S/C16H22N2O4/c1-2-6-16(15(21)22)11-18(8-5-13(16)19)14(20)9-12-4-3-7-17-10-12/h3-4,7,10,13,19H,2,5-6,8-9,11H2,1H3,(H,21,22)/t13-,16-/m1/s1. The molecule has 0 aliphatic carbocycles. The number of carboxylic acids is 1. The first-order chi connectivity index (χ1) is 10.5. The van der Waals surface area contributed by atoms with Crippen LogP contribution >= 0.6 is 0 Å². The van der Waals surface area contributed by atoms with Gasteiger partial charge in [0.05, 0.1) is 12.5 Å². The summed E-state index contributed by atoms with van der Waals surface area (Å²) in [4.78, 5) is 29.6. The Kier molecular flexibility index (Phi) is 5.13. The highest BCUT2D eigenvalue weighted by atomic mass is 16.4. The number of carbonyl (C=O) groups is 2. The van der Waals surface area contributed by atoms with Crippen molar-refractivity contribution in [2.45, 2.75) is 38.7 Å². The van der Waals surface area contributed by atoms with Crippen LogP contribution in [0.2, 0.25) is 0 Å². The monoisotopic (exact) mass is 306 g/mol. The Morgan fingerprint density at radius 2 is 2.27 bits per heavy atom. The van der Waals surface area contributed by atoms with Gasteiger partial charge >= 0.3 is 5.97 Å². The molecule has 2 heterocycles. The largest absolute Gasteiger partial charge is 0.481 e. The van der Waals surface area contributed by atoms with Crippen molar-refractivity contribution in [3.63, 3.8) is 0 Å². The van der Waals surface area contributed by atoms with Crippen molar-refractivity contribution in [2.75, 3.05) is 13.1 Å². The number of rotatable bonds is 5. The summed E-state index contributed by atoms with van der Waals surface area (Å²) in [5, 5.41) is 19.8. The van der Waals surface area contributed by atoms with Gasteiger partial charge in [-0.1, -0.05) is 19.4 Å². The van der Waals surface area contributed by atoms with E-state index in [4.69, 9.17) is 0 Å². The van der Waals surface area contributed by atoms with Gasteiger partial charge in [-0.05, 0) is 24.5 Å². The van der Waals surface area contributed by atoms with Gasteiger partial charge in [-0.3, -0.25) is 14.6 Å². The summed E-state index contributed by atoms with van der Waals surface area (Å²) in [5.41, 5.74) is -0.451. The number of amides is 1. The van der Waals surface area contributed by atoms with Crippen molar-refractivity contribution in [2.24, 2.45) is 5.41 Å². The van der Waals surface area contributed by atoms with Crippen molar-refractivity contribution in [1.29, 1.82) is 0 Å². The summed E-state index contributed by atoms with van der Waals surface area (Å²) in [7, 11) is 0. The van der Waals surface area contributed by atoms with Gasteiger partial charge in [-0.2, -0.15) is 0 Å². The van der Waals surface area contributed by atoms with Crippen molar-refractivity contribution in [1.82, 2.24) is 9.88 Å². The minimum absolute atomic E-state index is 0.0659. The molecule has 120 valence electrons. The minimum atomic E-state index is -1.25. The molecule has 0 unspecified atom stereocenters. The number of hydrogen-bond acceptors (Lipinski definition) is 4. The Morgan fingerprint density at radius 3 is 2.86 bits per heavy atom. The molecule has 0 bridgehead atoms. The maximum absolute atomic E-state index is 12.4. The lowest BCUT2D eigenvalue weighted by molar-refractivity contribution is -0.166. The number of piperidine rings is 1. The normalized spacial score (nSPS) is 25.0. The number of carboxylic acid groups (broad SMARTS) is 1. The zero-order valence-electron chi connectivity index (χ0n) is 12.7. The van der Waals surface area contributed by atoms with E-state index in [-0.39, 0.29) is 18.9 Å². The average Bonchev–Trinajstić information content (AvgIpc) is 2.50. The highest BCUT2D eigenvalue weighted by Gasteiger charge is 2.49. The van der Waals surface area contributed by atoms with E-state index >= 15 is 0 Å². The van der Waals surface area contributed by atoms with E-state index in [1.807, 2.05) is 13.0 Å². The molecule has 2 rings (SSSR count). The average molecular weight is 306 g/mol. The molecule has 0 radical (unpaired) electrons. The Bertz CT molecular complexity index is 534. The summed E-state index contributed by atoms with van der Waals surface area (Å²) in [6.07, 6.45) is 3.87. The molecule has 0 spiro atoms. The third-order valence-electron chi connectivity index (χ3n) is 4.34. The third kappa shape index (κ3) is 3.27. The lowest BCUT2D eigenvalue weighted by Crippen LogP contribution is -2.57. The molecular weight excluding hydrogens is 284 g/mol. The predicted octanol–water partition coefficient (Wildman–Crippen LogP) is 1.09. The molecule has 1 amide bonds. The number of pyridine rings is 1. The molecule has 6 heteroatoms. The Hall–Kier alpha value is -1.95. The smallest absolute Gasteiger partial charge is 0.314 e. The molecule has 1 saturated heterocycles. The maximum atomic E-state index is 12.4. The summed E-state index contributed by atoms with van der Waals surface area (Å²) in [5.74, 6) is -1.15. The van der Waals surface area contributed by atoms with E-state index in [0.29, 0.717) is 25.8 Å². The number of aliphatic hydroxyl groups excluding tert-OH is 1. The molecular formula is C16H22N2O4. The van der Waals surface area contributed by atoms with Gasteiger partial charge in [0.1, 0.15) is 5.41 Å². The molecule has 1 aromatic heterocycles. The second kappa shape index (κ2) is 6.87. The van der Waals surface area contributed by atoms with Crippen LogP contribution in [0.1, 0.15) is 31.7 Å². The number of carbonyl (C=O) groups excluding carboxylic acids is 1. The van der Waals surface area contributed by atoms with Crippen LogP contribution in [0.4, 0.5) is 0 Å². The summed E-state index contributed by atoms with van der Waals surface area (Å²) >= 11 is 0. The second-order valence-corrected chi connectivity index (χ2v) is 5.87. The Morgan fingerprint density at radius 1 is 1.50 bits per heavy atom. The van der Waals surface area contributed by atoms with Crippen molar-refractivity contribution in [3.8, 4) is 0 Å². The molecule has 1 fully saturated rings. The van der Waals surface area contributed by atoms with Crippen molar-refractivity contribution < 1.29 is 19.8 Å². The molecule has 2 N–H and O–H groups in total. The fraction of sp³-hybridized carbons (Fsp3) is 0.562. The molecule has 0 saturated carbocycles. The van der Waals surface area contributed by atoms with Gasteiger partial charge < -0.3 is 15.1 Å². The molecule has 22 heavy (non-hydrogen) atoms. The van der Waals surface area contributed by atoms with Gasteiger partial charge in [-0.15, -0.1) is 0 Å². The fourth-order valence-corrected chi connectivity index (χ4v) is 3.09. The maximum Gasteiger partial charge on any atom is 0.314 e.